The number of benzene rings is 2. The average Bonchev–Trinajstić information content (AvgIpc) is 2.74. The summed E-state index contributed by atoms with van der Waals surface area (Å²) in [5.41, 5.74) is 0.101. The fourth-order valence-corrected chi connectivity index (χ4v) is 2.48. The molecular weight excluding hydrogens is 251 g/mol. The van der Waals surface area contributed by atoms with E-state index in [1.807, 2.05) is 36.4 Å². The van der Waals surface area contributed by atoms with Crippen molar-refractivity contribution in [3.05, 3.63) is 71.8 Å². The van der Waals surface area contributed by atoms with Crippen molar-refractivity contribution in [1.82, 2.24) is 10.1 Å². The average molecular weight is 262 g/mol. The number of imide groups is 1. The van der Waals surface area contributed by atoms with Gasteiger partial charge in [0.2, 0.25) is 7.98 Å². The van der Waals surface area contributed by atoms with Crippen LogP contribution in [0.1, 0.15) is 11.1 Å². The monoisotopic (exact) mass is 262 g/mol. The predicted octanol–water partition coefficient (Wildman–Crippen LogP) is 1.57. The van der Waals surface area contributed by atoms with Crippen LogP contribution in [-0.4, -0.2) is 24.7 Å². The first-order valence-electron chi connectivity index (χ1n) is 6.19. The van der Waals surface area contributed by atoms with E-state index in [2.05, 4.69) is 5.32 Å². The van der Waals surface area contributed by atoms with Gasteiger partial charge in [0.05, 0.1) is 0 Å². The zero-order valence-electron chi connectivity index (χ0n) is 10.6. The fourth-order valence-electron chi connectivity index (χ4n) is 2.48. The van der Waals surface area contributed by atoms with Gasteiger partial charge in [0, 0.05) is 0 Å². The van der Waals surface area contributed by atoms with Crippen LogP contribution in [0, 0.1) is 0 Å². The molecule has 0 aromatic heterocycles. The third-order valence-corrected chi connectivity index (χ3v) is 3.47. The van der Waals surface area contributed by atoms with Crippen LogP contribution < -0.4 is 5.32 Å². The van der Waals surface area contributed by atoms with E-state index in [1.54, 1.807) is 24.3 Å². The summed E-state index contributed by atoms with van der Waals surface area (Å²) >= 11 is 0. The molecule has 20 heavy (non-hydrogen) atoms. The molecule has 0 spiro atoms. The first kappa shape index (κ1) is 12.5. The van der Waals surface area contributed by atoms with Crippen LogP contribution in [0.3, 0.4) is 0 Å². The van der Waals surface area contributed by atoms with Gasteiger partial charge in [-0.05, 0) is 11.1 Å². The van der Waals surface area contributed by atoms with E-state index < -0.39 is 17.5 Å². The lowest BCUT2D eigenvalue weighted by Gasteiger charge is -2.27. The van der Waals surface area contributed by atoms with Crippen molar-refractivity contribution in [3.63, 3.8) is 0 Å². The topological polar surface area (TPSA) is 49.4 Å². The third-order valence-electron chi connectivity index (χ3n) is 3.47. The molecule has 2 aromatic carbocycles. The Balaban J connectivity index is 2.25. The first-order chi connectivity index (χ1) is 9.66. The van der Waals surface area contributed by atoms with E-state index in [0.29, 0.717) is 15.9 Å². The SMILES string of the molecule is [B]N1C(=O)NC(c2ccccc2)(c2ccccc2)C1=O. The minimum absolute atomic E-state index is 0.486. The Morgan fingerprint density at radius 3 is 1.65 bits per heavy atom. The first-order valence-corrected chi connectivity index (χ1v) is 6.19. The van der Waals surface area contributed by atoms with Gasteiger partial charge in [0.1, 0.15) is 0 Å². The number of carbonyl (C=O) groups is 2. The Hall–Kier alpha value is -2.56. The quantitative estimate of drug-likeness (QED) is 0.659. The van der Waals surface area contributed by atoms with Gasteiger partial charge in [-0.15, -0.1) is 0 Å². The minimum atomic E-state index is -1.26. The Morgan fingerprint density at radius 2 is 1.30 bits per heavy atom. The van der Waals surface area contributed by atoms with Crippen LogP contribution in [0.25, 0.3) is 0 Å². The molecule has 0 bridgehead atoms. The summed E-state index contributed by atoms with van der Waals surface area (Å²) in [6, 6.07) is 17.5. The second-order valence-electron chi connectivity index (χ2n) is 4.59. The summed E-state index contributed by atoms with van der Waals surface area (Å²) in [6.45, 7) is 0. The highest BCUT2D eigenvalue weighted by Gasteiger charge is 2.51. The molecule has 5 heteroatoms. The van der Waals surface area contributed by atoms with E-state index in [0.717, 1.165) is 0 Å². The van der Waals surface area contributed by atoms with Crippen molar-refractivity contribution in [2.45, 2.75) is 5.54 Å². The van der Waals surface area contributed by atoms with Crippen LogP contribution >= 0.6 is 0 Å². The number of rotatable bonds is 2. The van der Waals surface area contributed by atoms with Crippen LogP contribution in [0.5, 0.6) is 0 Å². The number of nitrogens with zero attached hydrogens (tertiary/aromatic N) is 1. The minimum Gasteiger partial charge on any atom is -0.320 e. The molecule has 0 atom stereocenters. The molecule has 1 aliphatic heterocycles. The zero-order valence-corrected chi connectivity index (χ0v) is 10.6. The Bertz CT molecular complexity index is 619. The van der Waals surface area contributed by atoms with E-state index >= 15 is 0 Å². The van der Waals surface area contributed by atoms with Crippen LogP contribution in [0.4, 0.5) is 4.79 Å². The lowest BCUT2D eigenvalue weighted by molar-refractivity contribution is -0.127. The molecule has 96 valence electrons. The Labute approximate surface area is 117 Å². The van der Waals surface area contributed by atoms with Gasteiger partial charge in [-0.25, -0.2) is 4.79 Å². The lowest BCUT2D eigenvalue weighted by atomic mass is 9.82. The smallest absolute Gasteiger partial charge is 0.312 e. The molecule has 2 aromatic rings. The normalized spacial score (nSPS) is 17.1. The summed E-state index contributed by atoms with van der Waals surface area (Å²) < 4.78 is 0. The highest BCUT2D eigenvalue weighted by atomic mass is 16.2. The maximum Gasteiger partial charge on any atom is 0.312 e. The molecule has 1 aliphatic rings. The van der Waals surface area contributed by atoms with Crippen LogP contribution in [0.15, 0.2) is 60.7 Å². The highest BCUT2D eigenvalue weighted by molar-refractivity contribution is 6.29. The molecule has 4 nitrogen and oxygen atoms in total. The lowest BCUT2D eigenvalue weighted by Crippen LogP contribution is -2.44. The number of amides is 3. The third kappa shape index (κ3) is 1.63. The van der Waals surface area contributed by atoms with Crippen molar-refractivity contribution in [1.29, 1.82) is 0 Å². The van der Waals surface area contributed by atoms with Crippen LogP contribution in [-0.2, 0) is 10.3 Å². The molecule has 1 heterocycles. The number of hydrogen-bond acceptors (Lipinski definition) is 2. The van der Waals surface area contributed by atoms with Crippen LogP contribution in [0.2, 0.25) is 0 Å². The highest BCUT2D eigenvalue weighted by Crippen LogP contribution is 2.34. The molecule has 3 amide bonds. The largest absolute Gasteiger partial charge is 0.320 e. The second-order valence-corrected chi connectivity index (χ2v) is 4.59. The van der Waals surface area contributed by atoms with Gasteiger partial charge in [-0.1, -0.05) is 60.7 Å². The number of urea groups is 1. The summed E-state index contributed by atoms with van der Waals surface area (Å²) in [5.74, 6) is -0.486. The van der Waals surface area contributed by atoms with E-state index in [1.165, 1.54) is 0 Å². The van der Waals surface area contributed by atoms with Gasteiger partial charge in [-0.3, -0.25) is 4.79 Å². The predicted molar refractivity (Wildman–Crippen MR) is 74.8 cm³/mol. The summed E-state index contributed by atoms with van der Waals surface area (Å²) in [7, 11) is 5.54. The second kappa shape index (κ2) is 4.52. The van der Waals surface area contributed by atoms with Crippen molar-refractivity contribution in [2.24, 2.45) is 0 Å². The zero-order chi connectivity index (χ0) is 14.2. The van der Waals surface area contributed by atoms with Crippen molar-refractivity contribution >= 4 is 19.9 Å². The molecule has 0 unspecified atom stereocenters. The standard InChI is InChI=1S/C15H11BN2O2/c16-18-13(19)15(17-14(18)20,11-7-3-1-4-8-11)12-9-5-2-6-10-12/h1-10H,(H,17,20). The number of carbonyl (C=O) groups excluding carboxylic acids is 2. The van der Waals surface area contributed by atoms with Gasteiger partial charge >= 0.3 is 6.03 Å². The van der Waals surface area contributed by atoms with E-state index in [-0.39, 0.29) is 0 Å². The van der Waals surface area contributed by atoms with Crippen molar-refractivity contribution < 1.29 is 9.59 Å². The Morgan fingerprint density at radius 1 is 0.850 bits per heavy atom. The van der Waals surface area contributed by atoms with Gasteiger partial charge in [-0.2, -0.15) is 0 Å². The van der Waals surface area contributed by atoms with Crippen molar-refractivity contribution in [3.8, 4) is 0 Å². The molecule has 2 radical (unpaired) electrons. The fraction of sp³-hybridized carbons (Fsp3) is 0.0667. The summed E-state index contributed by atoms with van der Waals surface area (Å²) in [6.07, 6.45) is 0. The van der Waals surface area contributed by atoms with Gasteiger partial charge in [0.25, 0.3) is 5.91 Å². The molecule has 1 N–H and O–H groups in total. The van der Waals surface area contributed by atoms with Crippen molar-refractivity contribution in [2.75, 3.05) is 0 Å². The Kier molecular flexibility index (Phi) is 2.82. The van der Waals surface area contributed by atoms with E-state index in [9.17, 15) is 9.59 Å². The molecule has 1 saturated heterocycles. The molecular formula is C15H11BN2O2. The maximum absolute atomic E-state index is 12.6. The molecule has 1 fully saturated rings. The van der Waals surface area contributed by atoms with Gasteiger partial charge < -0.3 is 10.1 Å². The number of hydrogen-bond donors (Lipinski definition) is 1. The molecule has 3 rings (SSSR count). The molecule has 0 saturated carbocycles. The maximum atomic E-state index is 12.6. The van der Waals surface area contributed by atoms with Gasteiger partial charge in [0.15, 0.2) is 5.54 Å². The summed E-state index contributed by atoms with van der Waals surface area (Å²) in [4.78, 5) is 25.0. The number of nitrogens with one attached hydrogen (secondary N) is 1. The summed E-state index contributed by atoms with van der Waals surface area (Å²) in [5, 5.41) is 2.71. The van der Waals surface area contributed by atoms with E-state index in [4.69, 9.17) is 7.98 Å². The molecule has 0 aliphatic carbocycles.